The Labute approximate surface area is 117 Å². The van der Waals surface area contributed by atoms with Gasteiger partial charge in [0, 0.05) is 9.30 Å². The van der Waals surface area contributed by atoms with Crippen LogP contribution in [0.4, 0.5) is 0 Å². The molecule has 1 nitrogen and oxygen atoms in total. The number of rotatable bonds is 2. The second-order valence-electron chi connectivity index (χ2n) is 4.46. The lowest BCUT2D eigenvalue weighted by Crippen LogP contribution is -2.33. The van der Waals surface area contributed by atoms with E-state index in [0.29, 0.717) is 10.9 Å². The van der Waals surface area contributed by atoms with Crippen molar-refractivity contribution in [2.24, 2.45) is 0 Å². The second kappa shape index (κ2) is 4.62. The van der Waals surface area contributed by atoms with Gasteiger partial charge < -0.3 is 4.74 Å². The molecule has 0 bridgehead atoms. The fourth-order valence-corrected chi connectivity index (χ4v) is 3.27. The van der Waals surface area contributed by atoms with Gasteiger partial charge in [-0.15, -0.1) is 0 Å². The molecule has 0 radical (unpaired) electrons. The predicted octanol–water partition coefficient (Wildman–Crippen LogP) is 4.91. The highest BCUT2D eigenvalue weighted by atomic mass is 79.9. The summed E-state index contributed by atoms with van der Waals surface area (Å²) in [6, 6.07) is 12.6. The van der Waals surface area contributed by atoms with Crippen LogP contribution in [-0.4, -0.2) is 10.9 Å². The van der Waals surface area contributed by atoms with Crippen LogP contribution in [0.1, 0.15) is 12.8 Å². The molecule has 2 aromatic rings. The topological polar surface area (TPSA) is 9.23 Å². The Hall–Kier alpha value is -0.540. The normalized spacial score (nSPS) is 23.4. The molecule has 1 fully saturated rings. The summed E-state index contributed by atoms with van der Waals surface area (Å²) in [6.45, 7) is 0. The number of hydrogen-bond donors (Lipinski definition) is 0. The van der Waals surface area contributed by atoms with Gasteiger partial charge in [-0.25, -0.2) is 0 Å². The average molecular weight is 356 g/mol. The Morgan fingerprint density at radius 3 is 2.47 bits per heavy atom. The Bertz CT molecular complexity index is 547. The molecule has 0 spiro atoms. The largest absolute Gasteiger partial charge is 0.490 e. The fraction of sp³-hybridized carbons (Fsp3) is 0.286. The minimum Gasteiger partial charge on any atom is -0.490 e. The number of alkyl halides is 1. The van der Waals surface area contributed by atoms with Crippen LogP contribution in [0.3, 0.4) is 0 Å². The summed E-state index contributed by atoms with van der Waals surface area (Å²) < 4.78 is 7.03. The van der Waals surface area contributed by atoms with Gasteiger partial charge in [0.05, 0.1) is 0 Å². The van der Waals surface area contributed by atoms with Crippen molar-refractivity contribution in [1.82, 2.24) is 0 Å². The van der Waals surface area contributed by atoms with E-state index in [4.69, 9.17) is 4.74 Å². The van der Waals surface area contributed by atoms with Crippen molar-refractivity contribution in [3.63, 3.8) is 0 Å². The Kier molecular flexibility index (Phi) is 3.14. The van der Waals surface area contributed by atoms with E-state index in [0.717, 1.165) is 23.1 Å². The average Bonchev–Trinajstić information content (AvgIpc) is 2.27. The highest BCUT2D eigenvalue weighted by molar-refractivity contribution is 9.10. The summed E-state index contributed by atoms with van der Waals surface area (Å²) in [5, 5.41) is 2.46. The first kappa shape index (κ1) is 11.5. The Morgan fingerprint density at radius 2 is 1.71 bits per heavy atom. The summed E-state index contributed by atoms with van der Waals surface area (Å²) in [7, 11) is 0. The van der Waals surface area contributed by atoms with Crippen LogP contribution >= 0.6 is 31.9 Å². The molecule has 1 saturated carbocycles. The van der Waals surface area contributed by atoms with Crippen LogP contribution in [0.2, 0.25) is 0 Å². The summed E-state index contributed by atoms with van der Waals surface area (Å²) in [5.74, 6) is 0.976. The van der Waals surface area contributed by atoms with E-state index in [9.17, 15) is 0 Å². The molecule has 0 unspecified atom stereocenters. The van der Waals surface area contributed by atoms with Gasteiger partial charge in [-0.2, -0.15) is 0 Å². The number of hydrogen-bond acceptors (Lipinski definition) is 1. The first-order valence-corrected chi connectivity index (χ1v) is 7.41. The third kappa shape index (κ3) is 2.50. The van der Waals surface area contributed by atoms with Crippen LogP contribution < -0.4 is 4.74 Å². The van der Waals surface area contributed by atoms with Crippen LogP contribution in [0.25, 0.3) is 10.8 Å². The van der Waals surface area contributed by atoms with Gasteiger partial charge in [-0.05, 0) is 47.9 Å². The van der Waals surface area contributed by atoms with E-state index in [2.05, 4.69) is 68.3 Å². The maximum absolute atomic E-state index is 5.92. The summed E-state index contributed by atoms with van der Waals surface area (Å²) in [4.78, 5) is 0.643. The monoisotopic (exact) mass is 354 g/mol. The van der Waals surface area contributed by atoms with Crippen molar-refractivity contribution < 1.29 is 4.74 Å². The SMILES string of the molecule is Brc1ccc2cc(OC3CC(Br)C3)ccc2c1. The summed E-state index contributed by atoms with van der Waals surface area (Å²) in [5.41, 5.74) is 0. The second-order valence-corrected chi connectivity index (χ2v) is 6.67. The van der Waals surface area contributed by atoms with E-state index in [1.807, 2.05) is 0 Å². The highest BCUT2D eigenvalue weighted by Gasteiger charge is 2.28. The molecule has 1 aliphatic carbocycles. The molecule has 88 valence electrons. The molecule has 2 aromatic carbocycles. The van der Waals surface area contributed by atoms with Gasteiger partial charge in [0.15, 0.2) is 0 Å². The Balaban J connectivity index is 1.84. The van der Waals surface area contributed by atoms with Gasteiger partial charge >= 0.3 is 0 Å². The highest BCUT2D eigenvalue weighted by Crippen LogP contribution is 2.32. The lowest BCUT2D eigenvalue weighted by Gasteiger charge is -2.31. The standard InChI is InChI=1S/C14H12Br2O/c15-11-3-1-10-6-13(4-2-9(10)5-11)17-14-7-12(16)8-14/h1-6,12,14H,7-8H2. The maximum Gasteiger partial charge on any atom is 0.120 e. The van der Waals surface area contributed by atoms with Crippen molar-refractivity contribution in [3.8, 4) is 5.75 Å². The minimum atomic E-state index is 0.382. The van der Waals surface area contributed by atoms with Crippen LogP contribution in [0.5, 0.6) is 5.75 Å². The minimum absolute atomic E-state index is 0.382. The molecule has 3 heteroatoms. The molecule has 0 aliphatic heterocycles. The molecule has 1 aliphatic rings. The Morgan fingerprint density at radius 1 is 1.00 bits per heavy atom. The molecule has 0 N–H and O–H groups in total. The summed E-state index contributed by atoms with van der Waals surface area (Å²) >= 11 is 7.06. The smallest absolute Gasteiger partial charge is 0.120 e. The zero-order valence-corrected chi connectivity index (χ0v) is 12.4. The van der Waals surface area contributed by atoms with E-state index in [-0.39, 0.29) is 0 Å². The molecule has 3 rings (SSSR count). The molecule has 0 heterocycles. The number of ether oxygens (including phenoxy) is 1. The molecule has 0 saturated heterocycles. The zero-order valence-electron chi connectivity index (χ0n) is 9.20. The molecule has 17 heavy (non-hydrogen) atoms. The summed E-state index contributed by atoms with van der Waals surface area (Å²) in [6.07, 6.45) is 2.60. The van der Waals surface area contributed by atoms with Crippen LogP contribution in [0.15, 0.2) is 40.9 Å². The predicted molar refractivity (Wildman–Crippen MR) is 78.0 cm³/mol. The number of benzene rings is 2. The fourth-order valence-electron chi connectivity index (χ4n) is 2.06. The van der Waals surface area contributed by atoms with E-state index >= 15 is 0 Å². The molecular weight excluding hydrogens is 344 g/mol. The molecule has 0 amide bonds. The van der Waals surface area contributed by atoms with Gasteiger partial charge in [0.1, 0.15) is 11.9 Å². The molecule has 0 atom stereocenters. The van der Waals surface area contributed by atoms with Gasteiger partial charge in [0.2, 0.25) is 0 Å². The van der Waals surface area contributed by atoms with Crippen molar-refractivity contribution in [2.45, 2.75) is 23.8 Å². The van der Waals surface area contributed by atoms with Gasteiger partial charge in [-0.1, -0.05) is 44.0 Å². The van der Waals surface area contributed by atoms with Crippen molar-refractivity contribution in [3.05, 3.63) is 40.9 Å². The zero-order chi connectivity index (χ0) is 11.8. The van der Waals surface area contributed by atoms with Crippen molar-refractivity contribution in [2.75, 3.05) is 0 Å². The van der Waals surface area contributed by atoms with E-state index in [1.54, 1.807) is 0 Å². The van der Waals surface area contributed by atoms with E-state index in [1.165, 1.54) is 10.8 Å². The molecular formula is C14H12Br2O. The first-order chi connectivity index (χ1) is 8.20. The third-order valence-corrected chi connectivity index (χ3v) is 4.35. The lowest BCUT2D eigenvalue weighted by molar-refractivity contribution is 0.128. The molecule has 0 aromatic heterocycles. The van der Waals surface area contributed by atoms with Gasteiger partial charge in [0.25, 0.3) is 0 Å². The lowest BCUT2D eigenvalue weighted by atomic mass is 9.96. The number of fused-ring (bicyclic) bond motifs is 1. The van der Waals surface area contributed by atoms with E-state index < -0.39 is 0 Å². The third-order valence-electron chi connectivity index (χ3n) is 3.11. The van der Waals surface area contributed by atoms with Crippen molar-refractivity contribution in [1.29, 1.82) is 0 Å². The maximum atomic E-state index is 5.92. The van der Waals surface area contributed by atoms with Crippen LogP contribution in [0, 0.1) is 0 Å². The van der Waals surface area contributed by atoms with Crippen molar-refractivity contribution >= 4 is 42.6 Å². The van der Waals surface area contributed by atoms with Gasteiger partial charge in [-0.3, -0.25) is 0 Å². The number of halogens is 2. The first-order valence-electron chi connectivity index (χ1n) is 5.71. The quantitative estimate of drug-likeness (QED) is 0.695. The van der Waals surface area contributed by atoms with Crippen LogP contribution in [-0.2, 0) is 0 Å².